The molecule has 7 nitrogen and oxygen atoms in total. The summed E-state index contributed by atoms with van der Waals surface area (Å²) in [4.78, 5) is 10.9. The van der Waals surface area contributed by atoms with E-state index < -0.39 is 0 Å². The van der Waals surface area contributed by atoms with Crippen LogP contribution in [0.3, 0.4) is 0 Å². The highest BCUT2D eigenvalue weighted by atomic mass is 16.6. The molecule has 0 bridgehead atoms. The van der Waals surface area contributed by atoms with Crippen molar-refractivity contribution in [1.82, 2.24) is 9.80 Å². The van der Waals surface area contributed by atoms with Crippen molar-refractivity contribution in [2.45, 2.75) is 13.0 Å². The standard InChI is InChI=1S/C26H30N4O3/c1-19(13-20-5-3-2-4-6-20)16-29-9-11-30(12-10-29)17-25-23-18-32-24-14-21(15-27-31)7-8-22(24)26(23)28-33-25/h2-8,13-15,23,25,31H,9-12,16-18H2,1H3/b19-13+,27-15-. The Morgan fingerprint density at radius 2 is 1.88 bits per heavy atom. The van der Waals surface area contributed by atoms with Gasteiger partial charge in [-0.05, 0) is 30.2 Å². The normalized spacial score (nSPS) is 23.5. The van der Waals surface area contributed by atoms with Crippen LogP contribution in [0, 0.1) is 5.92 Å². The van der Waals surface area contributed by atoms with Gasteiger partial charge in [-0.15, -0.1) is 0 Å². The predicted molar refractivity (Wildman–Crippen MR) is 129 cm³/mol. The van der Waals surface area contributed by atoms with Gasteiger partial charge in [-0.1, -0.05) is 58.4 Å². The Kier molecular flexibility index (Phi) is 6.41. The van der Waals surface area contributed by atoms with E-state index in [0.717, 1.165) is 61.9 Å². The Labute approximate surface area is 194 Å². The van der Waals surface area contributed by atoms with Crippen LogP contribution in [0.5, 0.6) is 5.75 Å². The molecule has 2 unspecified atom stereocenters. The van der Waals surface area contributed by atoms with E-state index in [1.54, 1.807) is 0 Å². The molecular weight excluding hydrogens is 416 g/mol. The first-order valence-corrected chi connectivity index (χ1v) is 11.5. The molecule has 0 saturated carbocycles. The number of ether oxygens (including phenoxy) is 1. The number of fused-ring (bicyclic) bond motifs is 3. The molecular formula is C26H30N4O3. The van der Waals surface area contributed by atoms with Crippen LogP contribution in [0.15, 0.2) is 64.4 Å². The van der Waals surface area contributed by atoms with Crippen molar-refractivity contribution in [1.29, 1.82) is 0 Å². The third kappa shape index (κ3) is 4.94. The van der Waals surface area contributed by atoms with Crippen LogP contribution in [0.2, 0.25) is 0 Å². The molecule has 3 heterocycles. The molecule has 0 aliphatic carbocycles. The quantitative estimate of drug-likeness (QED) is 0.419. The van der Waals surface area contributed by atoms with Gasteiger partial charge in [0, 0.05) is 44.8 Å². The second kappa shape index (κ2) is 9.77. The molecule has 1 fully saturated rings. The summed E-state index contributed by atoms with van der Waals surface area (Å²) in [5, 5.41) is 16.3. The predicted octanol–water partition coefficient (Wildman–Crippen LogP) is 3.33. The Balaban J connectivity index is 1.13. The van der Waals surface area contributed by atoms with Gasteiger partial charge in [-0.25, -0.2) is 0 Å². The molecule has 0 amide bonds. The van der Waals surface area contributed by atoms with Crippen LogP contribution in [0.1, 0.15) is 23.6 Å². The number of benzene rings is 2. The van der Waals surface area contributed by atoms with Gasteiger partial charge >= 0.3 is 0 Å². The molecule has 0 radical (unpaired) electrons. The highest BCUT2D eigenvalue weighted by molar-refractivity contribution is 6.06. The zero-order valence-corrected chi connectivity index (χ0v) is 18.9. The van der Waals surface area contributed by atoms with Crippen molar-refractivity contribution in [2.24, 2.45) is 16.2 Å². The first-order valence-electron chi connectivity index (χ1n) is 11.5. The molecule has 0 aromatic heterocycles. The topological polar surface area (TPSA) is 69.9 Å². The lowest BCUT2D eigenvalue weighted by atomic mass is 9.89. The van der Waals surface area contributed by atoms with Gasteiger partial charge in [0.2, 0.25) is 0 Å². The first-order chi connectivity index (χ1) is 16.2. The van der Waals surface area contributed by atoms with Gasteiger partial charge in [0.15, 0.2) is 6.10 Å². The minimum atomic E-state index is 0.0121. The van der Waals surface area contributed by atoms with Crippen LogP contribution in [-0.4, -0.2) is 78.9 Å². The third-order valence-corrected chi connectivity index (χ3v) is 6.58. The number of rotatable bonds is 6. The molecule has 1 saturated heterocycles. The maximum absolute atomic E-state index is 8.76. The maximum Gasteiger partial charge on any atom is 0.151 e. The van der Waals surface area contributed by atoms with E-state index in [1.165, 1.54) is 17.4 Å². The molecule has 33 heavy (non-hydrogen) atoms. The van der Waals surface area contributed by atoms with Crippen molar-refractivity contribution in [2.75, 3.05) is 45.9 Å². The average Bonchev–Trinajstić information content (AvgIpc) is 3.24. The Morgan fingerprint density at radius 1 is 1.09 bits per heavy atom. The summed E-state index contributed by atoms with van der Waals surface area (Å²) in [7, 11) is 0. The third-order valence-electron chi connectivity index (χ3n) is 6.58. The van der Waals surface area contributed by atoms with E-state index in [2.05, 4.69) is 63.4 Å². The maximum atomic E-state index is 8.76. The van der Waals surface area contributed by atoms with E-state index in [-0.39, 0.29) is 12.0 Å². The second-order valence-corrected chi connectivity index (χ2v) is 9.02. The van der Waals surface area contributed by atoms with Gasteiger partial charge in [0.1, 0.15) is 18.1 Å². The Hall–Kier alpha value is -3.16. The average molecular weight is 447 g/mol. The SMILES string of the molecule is C/C(=C\c1ccccc1)CN1CCN(CC2ON=C3c4ccc(/C=N\O)cc4OCC32)CC1. The van der Waals surface area contributed by atoms with Gasteiger partial charge in [0.25, 0.3) is 0 Å². The summed E-state index contributed by atoms with van der Waals surface area (Å²) in [6.45, 7) is 8.80. The summed E-state index contributed by atoms with van der Waals surface area (Å²) in [6.07, 6.45) is 3.68. The lowest BCUT2D eigenvalue weighted by Crippen LogP contribution is -2.50. The summed E-state index contributed by atoms with van der Waals surface area (Å²) in [5.41, 5.74) is 5.37. The Bertz CT molecular complexity index is 1060. The number of hydrogen-bond donors (Lipinski definition) is 1. The molecule has 0 spiro atoms. The number of piperazine rings is 1. The van der Waals surface area contributed by atoms with Crippen LogP contribution in [-0.2, 0) is 4.84 Å². The molecule has 2 aromatic rings. The van der Waals surface area contributed by atoms with E-state index in [1.807, 2.05) is 18.2 Å². The van der Waals surface area contributed by atoms with Crippen LogP contribution < -0.4 is 4.74 Å². The van der Waals surface area contributed by atoms with Crippen LogP contribution in [0.4, 0.5) is 0 Å². The highest BCUT2D eigenvalue weighted by Gasteiger charge is 2.40. The molecule has 2 atom stereocenters. The summed E-state index contributed by atoms with van der Waals surface area (Å²) < 4.78 is 6.02. The fourth-order valence-electron chi connectivity index (χ4n) is 4.85. The van der Waals surface area contributed by atoms with Crippen molar-refractivity contribution in [3.63, 3.8) is 0 Å². The van der Waals surface area contributed by atoms with Gasteiger partial charge < -0.3 is 14.8 Å². The van der Waals surface area contributed by atoms with Gasteiger partial charge in [0.05, 0.1) is 12.1 Å². The highest BCUT2D eigenvalue weighted by Crippen LogP contribution is 2.34. The fraction of sp³-hybridized carbons (Fsp3) is 0.385. The van der Waals surface area contributed by atoms with Crippen molar-refractivity contribution < 1.29 is 14.8 Å². The van der Waals surface area contributed by atoms with Crippen LogP contribution in [0.25, 0.3) is 6.08 Å². The molecule has 5 rings (SSSR count). The number of nitrogens with zero attached hydrogens (tertiary/aromatic N) is 4. The molecule has 3 aliphatic rings. The molecule has 172 valence electrons. The molecule has 2 aromatic carbocycles. The minimum Gasteiger partial charge on any atom is -0.492 e. The van der Waals surface area contributed by atoms with Crippen molar-refractivity contribution in [3.8, 4) is 5.75 Å². The largest absolute Gasteiger partial charge is 0.492 e. The smallest absolute Gasteiger partial charge is 0.151 e. The zero-order valence-electron chi connectivity index (χ0n) is 18.9. The zero-order chi connectivity index (χ0) is 22.6. The number of oxime groups is 2. The van der Waals surface area contributed by atoms with E-state index >= 15 is 0 Å². The van der Waals surface area contributed by atoms with E-state index in [9.17, 15) is 0 Å². The van der Waals surface area contributed by atoms with Crippen molar-refractivity contribution in [3.05, 3.63) is 70.8 Å². The monoisotopic (exact) mass is 446 g/mol. The molecule has 7 heteroatoms. The Morgan fingerprint density at radius 3 is 2.67 bits per heavy atom. The second-order valence-electron chi connectivity index (χ2n) is 9.02. The van der Waals surface area contributed by atoms with Gasteiger partial charge in [-0.3, -0.25) is 9.80 Å². The van der Waals surface area contributed by atoms with Crippen molar-refractivity contribution >= 4 is 18.0 Å². The van der Waals surface area contributed by atoms with Gasteiger partial charge in [-0.2, -0.15) is 0 Å². The van der Waals surface area contributed by atoms with E-state index in [0.29, 0.717) is 6.61 Å². The number of hydrogen-bond acceptors (Lipinski definition) is 7. The minimum absolute atomic E-state index is 0.0121. The molecule has 1 N–H and O–H groups in total. The summed E-state index contributed by atoms with van der Waals surface area (Å²) in [6, 6.07) is 16.2. The van der Waals surface area contributed by atoms with E-state index in [4.69, 9.17) is 14.8 Å². The fourth-order valence-corrected chi connectivity index (χ4v) is 4.85. The lowest BCUT2D eigenvalue weighted by Gasteiger charge is -2.36. The van der Waals surface area contributed by atoms with Crippen LogP contribution >= 0.6 is 0 Å². The molecule has 3 aliphatic heterocycles. The summed E-state index contributed by atoms with van der Waals surface area (Å²) >= 11 is 0. The lowest BCUT2D eigenvalue weighted by molar-refractivity contribution is 0.0101. The first kappa shape index (κ1) is 21.7. The summed E-state index contributed by atoms with van der Waals surface area (Å²) in [5.74, 6) is 0.906.